The summed E-state index contributed by atoms with van der Waals surface area (Å²) in [6.45, 7) is 0. The third-order valence-electron chi connectivity index (χ3n) is 3.43. The van der Waals surface area contributed by atoms with Gasteiger partial charge in [0, 0.05) is 12.0 Å². The molecule has 88 valence electrons. The van der Waals surface area contributed by atoms with Crippen LogP contribution in [-0.2, 0) is 6.42 Å². The summed E-state index contributed by atoms with van der Waals surface area (Å²) in [4.78, 5) is 0. The molecule has 2 heteroatoms. The Balaban J connectivity index is 0.00000108. The largest absolute Gasteiger partial charge is 0.327 e. The van der Waals surface area contributed by atoms with E-state index >= 15 is 0 Å². The second-order valence-corrected chi connectivity index (χ2v) is 4.46. The van der Waals surface area contributed by atoms with Gasteiger partial charge in [0.15, 0.2) is 0 Å². The highest BCUT2D eigenvalue weighted by molar-refractivity contribution is 5.85. The zero-order chi connectivity index (χ0) is 11.0. The average Bonchev–Trinajstić information content (AvgIpc) is 2.66. The van der Waals surface area contributed by atoms with Gasteiger partial charge in [0.25, 0.3) is 0 Å². The molecule has 0 fully saturated rings. The monoisotopic (exact) mass is 245 g/mol. The van der Waals surface area contributed by atoms with Crippen molar-refractivity contribution in [3.05, 3.63) is 71.3 Å². The van der Waals surface area contributed by atoms with E-state index in [1.54, 1.807) is 0 Å². The van der Waals surface area contributed by atoms with E-state index in [4.69, 9.17) is 5.73 Å². The van der Waals surface area contributed by atoms with Gasteiger partial charge in [0.1, 0.15) is 0 Å². The summed E-state index contributed by atoms with van der Waals surface area (Å²) in [7, 11) is 0. The van der Waals surface area contributed by atoms with E-state index in [0.717, 1.165) is 6.42 Å². The van der Waals surface area contributed by atoms with Crippen molar-refractivity contribution >= 4 is 12.4 Å². The van der Waals surface area contributed by atoms with Gasteiger partial charge in [-0.1, -0.05) is 54.6 Å². The molecule has 0 saturated carbocycles. The van der Waals surface area contributed by atoms with Crippen LogP contribution < -0.4 is 5.73 Å². The molecule has 2 atom stereocenters. The summed E-state index contributed by atoms with van der Waals surface area (Å²) in [6, 6.07) is 19.4. The molecule has 1 nitrogen and oxygen atoms in total. The summed E-state index contributed by atoms with van der Waals surface area (Å²) in [6.07, 6.45) is 0.996. The molecular formula is C15H16ClN. The third-order valence-corrected chi connectivity index (χ3v) is 3.43. The van der Waals surface area contributed by atoms with E-state index < -0.39 is 0 Å². The molecule has 2 aromatic rings. The minimum atomic E-state index is 0. The van der Waals surface area contributed by atoms with Crippen molar-refractivity contribution < 1.29 is 0 Å². The van der Waals surface area contributed by atoms with Crippen molar-refractivity contribution in [2.45, 2.75) is 18.4 Å². The van der Waals surface area contributed by atoms with Crippen LogP contribution in [0.5, 0.6) is 0 Å². The highest BCUT2D eigenvalue weighted by Gasteiger charge is 2.30. The van der Waals surface area contributed by atoms with Crippen LogP contribution in [0, 0.1) is 0 Å². The lowest BCUT2D eigenvalue weighted by Crippen LogP contribution is -2.25. The lowest BCUT2D eigenvalue weighted by Gasteiger charge is -2.17. The van der Waals surface area contributed by atoms with E-state index in [2.05, 4.69) is 54.6 Å². The summed E-state index contributed by atoms with van der Waals surface area (Å²) >= 11 is 0. The van der Waals surface area contributed by atoms with Gasteiger partial charge >= 0.3 is 0 Å². The molecule has 1 aliphatic carbocycles. The summed E-state index contributed by atoms with van der Waals surface area (Å²) < 4.78 is 0. The Labute approximate surface area is 108 Å². The van der Waals surface area contributed by atoms with Crippen molar-refractivity contribution in [2.24, 2.45) is 5.73 Å². The molecule has 2 aromatic carbocycles. The predicted octanol–water partition coefficient (Wildman–Crippen LogP) is 3.12. The summed E-state index contributed by atoms with van der Waals surface area (Å²) in [5.74, 6) is 0.373. The van der Waals surface area contributed by atoms with Crippen LogP contribution in [0.2, 0.25) is 0 Å². The van der Waals surface area contributed by atoms with Gasteiger partial charge in [-0.15, -0.1) is 12.4 Å². The number of fused-ring (bicyclic) bond motifs is 1. The van der Waals surface area contributed by atoms with E-state index in [1.165, 1.54) is 16.7 Å². The smallest absolute Gasteiger partial charge is 0.0247 e. The molecule has 0 bridgehead atoms. The molecule has 0 aliphatic heterocycles. The quantitative estimate of drug-likeness (QED) is 0.821. The molecule has 2 unspecified atom stereocenters. The first kappa shape index (κ1) is 12.2. The van der Waals surface area contributed by atoms with Crippen molar-refractivity contribution in [2.75, 3.05) is 0 Å². The second kappa shape index (κ2) is 4.91. The molecule has 0 aromatic heterocycles. The number of nitrogens with two attached hydrogens (primary N) is 1. The van der Waals surface area contributed by atoms with Crippen LogP contribution in [0.4, 0.5) is 0 Å². The van der Waals surface area contributed by atoms with E-state index in [0.29, 0.717) is 5.92 Å². The molecule has 0 heterocycles. The van der Waals surface area contributed by atoms with Crippen molar-refractivity contribution in [1.82, 2.24) is 0 Å². The lowest BCUT2D eigenvalue weighted by atomic mass is 9.91. The highest BCUT2D eigenvalue weighted by atomic mass is 35.5. The van der Waals surface area contributed by atoms with E-state index in [9.17, 15) is 0 Å². The normalized spacial score (nSPS) is 21.7. The Morgan fingerprint density at radius 3 is 2.29 bits per heavy atom. The molecule has 0 amide bonds. The van der Waals surface area contributed by atoms with Gasteiger partial charge < -0.3 is 5.73 Å². The summed E-state index contributed by atoms with van der Waals surface area (Å²) in [5, 5.41) is 0. The van der Waals surface area contributed by atoms with E-state index in [-0.39, 0.29) is 18.4 Å². The van der Waals surface area contributed by atoms with Crippen molar-refractivity contribution in [1.29, 1.82) is 0 Å². The molecule has 0 spiro atoms. The maximum absolute atomic E-state index is 6.26. The van der Waals surface area contributed by atoms with Crippen LogP contribution >= 0.6 is 12.4 Å². The number of rotatable bonds is 1. The minimum absolute atomic E-state index is 0. The zero-order valence-corrected chi connectivity index (χ0v) is 10.4. The van der Waals surface area contributed by atoms with Crippen LogP contribution in [0.3, 0.4) is 0 Å². The van der Waals surface area contributed by atoms with Crippen molar-refractivity contribution in [3.8, 4) is 0 Å². The van der Waals surface area contributed by atoms with Crippen LogP contribution in [0.15, 0.2) is 54.6 Å². The number of hydrogen-bond donors (Lipinski definition) is 1. The molecule has 0 radical (unpaired) electrons. The lowest BCUT2D eigenvalue weighted by molar-refractivity contribution is 0.643. The molecule has 2 N–H and O–H groups in total. The van der Waals surface area contributed by atoms with Gasteiger partial charge in [-0.25, -0.2) is 0 Å². The first-order chi connectivity index (χ1) is 7.86. The first-order valence-corrected chi connectivity index (χ1v) is 5.74. The zero-order valence-electron chi connectivity index (χ0n) is 9.54. The van der Waals surface area contributed by atoms with Crippen LogP contribution in [0.1, 0.15) is 22.6 Å². The maximum Gasteiger partial charge on any atom is 0.0247 e. The Morgan fingerprint density at radius 1 is 0.882 bits per heavy atom. The fraction of sp³-hybridized carbons (Fsp3) is 0.200. The SMILES string of the molecule is Cl.NC1Cc2ccccc2C1c1ccccc1. The first-order valence-electron chi connectivity index (χ1n) is 5.74. The van der Waals surface area contributed by atoms with Crippen LogP contribution in [0.25, 0.3) is 0 Å². The van der Waals surface area contributed by atoms with Gasteiger partial charge in [-0.3, -0.25) is 0 Å². The van der Waals surface area contributed by atoms with Gasteiger partial charge in [-0.2, -0.15) is 0 Å². The van der Waals surface area contributed by atoms with Crippen molar-refractivity contribution in [3.63, 3.8) is 0 Å². The standard InChI is InChI=1S/C15H15N.ClH/c16-14-10-12-8-4-5-9-13(12)15(14)11-6-2-1-3-7-11;/h1-9,14-15H,10,16H2;1H. The topological polar surface area (TPSA) is 26.0 Å². The molecular weight excluding hydrogens is 230 g/mol. The molecule has 3 rings (SSSR count). The highest BCUT2D eigenvalue weighted by Crippen LogP contribution is 2.36. The minimum Gasteiger partial charge on any atom is -0.327 e. The fourth-order valence-corrected chi connectivity index (χ4v) is 2.71. The molecule has 0 saturated heterocycles. The third kappa shape index (κ3) is 2.08. The fourth-order valence-electron chi connectivity index (χ4n) is 2.71. The molecule has 17 heavy (non-hydrogen) atoms. The van der Waals surface area contributed by atoms with E-state index in [1.807, 2.05) is 0 Å². The Hall–Kier alpha value is -1.31. The Bertz CT molecular complexity index is 495. The summed E-state index contributed by atoms with van der Waals surface area (Å²) in [5.41, 5.74) is 10.4. The number of benzene rings is 2. The second-order valence-electron chi connectivity index (χ2n) is 4.46. The average molecular weight is 246 g/mol. The Kier molecular flexibility index (Phi) is 3.51. The van der Waals surface area contributed by atoms with Gasteiger partial charge in [0.2, 0.25) is 0 Å². The number of halogens is 1. The maximum atomic E-state index is 6.26. The Morgan fingerprint density at radius 2 is 1.53 bits per heavy atom. The van der Waals surface area contributed by atoms with Gasteiger partial charge in [-0.05, 0) is 23.1 Å². The predicted molar refractivity (Wildman–Crippen MR) is 73.7 cm³/mol. The van der Waals surface area contributed by atoms with Gasteiger partial charge in [0.05, 0.1) is 0 Å². The number of hydrogen-bond acceptors (Lipinski definition) is 1. The van der Waals surface area contributed by atoms with Crippen LogP contribution in [-0.4, -0.2) is 6.04 Å². The molecule has 1 aliphatic rings.